The number of methoxy groups -OCH3 is 1. The maximum Gasteiger partial charge on any atom is 0.261 e. The Morgan fingerprint density at radius 3 is 3.00 bits per heavy atom. The van der Waals surface area contributed by atoms with Gasteiger partial charge in [0.05, 0.1) is 19.3 Å². The summed E-state index contributed by atoms with van der Waals surface area (Å²) in [6, 6.07) is 5.87. The van der Waals surface area contributed by atoms with Crippen LogP contribution in [0.15, 0.2) is 22.7 Å². The first-order chi connectivity index (χ1) is 9.29. The highest BCUT2D eigenvalue weighted by Gasteiger charge is 2.24. The normalized spacial score (nSPS) is 18.7. The number of rotatable bonds is 3. The molecular formula is C14H16N2O3. The third kappa shape index (κ3) is 2.21. The van der Waals surface area contributed by atoms with Gasteiger partial charge in [0, 0.05) is 12.5 Å². The zero-order valence-corrected chi connectivity index (χ0v) is 11.0. The summed E-state index contributed by atoms with van der Waals surface area (Å²) in [5, 5.41) is 4.06. The van der Waals surface area contributed by atoms with Crippen LogP contribution in [0, 0.1) is 6.92 Å². The van der Waals surface area contributed by atoms with Crippen LogP contribution < -0.4 is 4.74 Å². The van der Waals surface area contributed by atoms with Gasteiger partial charge in [-0.05, 0) is 25.0 Å². The summed E-state index contributed by atoms with van der Waals surface area (Å²) in [5.41, 5.74) is 1.88. The molecule has 0 aliphatic carbocycles. The summed E-state index contributed by atoms with van der Waals surface area (Å²) in [6.07, 6.45) is 0.948. The maximum atomic E-state index is 5.41. The molecule has 1 atom stereocenters. The molecule has 1 saturated heterocycles. The molecule has 19 heavy (non-hydrogen) atoms. The van der Waals surface area contributed by atoms with Crippen molar-refractivity contribution >= 4 is 0 Å². The Bertz CT molecular complexity index is 574. The highest BCUT2D eigenvalue weighted by atomic mass is 16.5. The van der Waals surface area contributed by atoms with E-state index in [1.807, 2.05) is 25.1 Å². The Labute approximate surface area is 111 Å². The van der Waals surface area contributed by atoms with Crippen molar-refractivity contribution in [2.45, 2.75) is 19.3 Å². The molecule has 0 saturated carbocycles. The van der Waals surface area contributed by atoms with Crippen molar-refractivity contribution in [2.24, 2.45) is 0 Å². The molecule has 2 aromatic rings. The van der Waals surface area contributed by atoms with Crippen molar-refractivity contribution in [3.63, 3.8) is 0 Å². The average molecular weight is 260 g/mol. The van der Waals surface area contributed by atoms with Gasteiger partial charge in [-0.1, -0.05) is 17.3 Å². The van der Waals surface area contributed by atoms with Gasteiger partial charge in [0.15, 0.2) is 5.82 Å². The number of ether oxygens (including phenoxy) is 2. The molecule has 0 unspecified atom stereocenters. The summed E-state index contributed by atoms with van der Waals surface area (Å²) < 4.78 is 16.1. The van der Waals surface area contributed by atoms with Gasteiger partial charge >= 0.3 is 0 Å². The molecule has 0 radical (unpaired) electrons. The van der Waals surface area contributed by atoms with Crippen molar-refractivity contribution in [1.82, 2.24) is 10.1 Å². The fourth-order valence-electron chi connectivity index (χ4n) is 2.34. The summed E-state index contributed by atoms with van der Waals surface area (Å²) in [6.45, 7) is 3.43. The largest absolute Gasteiger partial charge is 0.496 e. The number of hydrogen-bond donors (Lipinski definition) is 0. The summed E-state index contributed by atoms with van der Waals surface area (Å²) in [7, 11) is 1.65. The second-order valence-corrected chi connectivity index (χ2v) is 4.67. The van der Waals surface area contributed by atoms with E-state index in [1.165, 1.54) is 0 Å². The zero-order valence-electron chi connectivity index (χ0n) is 11.0. The minimum Gasteiger partial charge on any atom is -0.496 e. The number of nitrogens with zero attached hydrogens (tertiary/aromatic N) is 2. The molecule has 5 nitrogen and oxygen atoms in total. The monoisotopic (exact) mass is 260 g/mol. The van der Waals surface area contributed by atoms with Gasteiger partial charge in [0.1, 0.15) is 5.75 Å². The first-order valence-electron chi connectivity index (χ1n) is 6.35. The van der Waals surface area contributed by atoms with Crippen LogP contribution >= 0.6 is 0 Å². The van der Waals surface area contributed by atoms with Gasteiger partial charge in [-0.3, -0.25) is 0 Å². The number of benzene rings is 1. The van der Waals surface area contributed by atoms with Gasteiger partial charge in [-0.15, -0.1) is 0 Å². The molecule has 2 heterocycles. The molecule has 1 fully saturated rings. The first kappa shape index (κ1) is 12.2. The molecule has 1 aromatic carbocycles. The first-order valence-corrected chi connectivity index (χ1v) is 6.35. The third-order valence-corrected chi connectivity index (χ3v) is 3.38. The molecule has 1 aliphatic heterocycles. The van der Waals surface area contributed by atoms with Crippen LogP contribution in [0.25, 0.3) is 11.5 Å². The standard InChI is InChI=1S/C14H16N2O3/c1-9-4-3-5-11(12(9)17-2)14-15-13(16-19-14)10-6-7-18-8-10/h3-5,10H,6-8H2,1-2H3/t10-/m1/s1. The van der Waals surface area contributed by atoms with Crippen molar-refractivity contribution in [3.05, 3.63) is 29.6 Å². The van der Waals surface area contributed by atoms with E-state index in [2.05, 4.69) is 10.1 Å². The van der Waals surface area contributed by atoms with Crippen molar-refractivity contribution in [2.75, 3.05) is 20.3 Å². The predicted molar refractivity (Wildman–Crippen MR) is 69.2 cm³/mol. The topological polar surface area (TPSA) is 57.4 Å². The van der Waals surface area contributed by atoms with Crippen molar-refractivity contribution in [1.29, 1.82) is 0 Å². The van der Waals surface area contributed by atoms with E-state index >= 15 is 0 Å². The summed E-state index contributed by atoms with van der Waals surface area (Å²) in [5.74, 6) is 2.24. The molecule has 5 heteroatoms. The lowest BCUT2D eigenvalue weighted by atomic mass is 10.1. The molecule has 0 amide bonds. The second kappa shape index (κ2) is 5.01. The van der Waals surface area contributed by atoms with Crippen LogP contribution in [0.2, 0.25) is 0 Å². The highest BCUT2D eigenvalue weighted by Crippen LogP contribution is 2.33. The average Bonchev–Trinajstić information content (AvgIpc) is 3.09. The Morgan fingerprint density at radius 1 is 1.37 bits per heavy atom. The van der Waals surface area contributed by atoms with Crippen LogP contribution in [0.1, 0.15) is 23.7 Å². The van der Waals surface area contributed by atoms with E-state index in [4.69, 9.17) is 14.0 Å². The number of para-hydroxylation sites is 1. The van der Waals surface area contributed by atoms with Gasteiger partial charge in [0.25, 0.3) is 5.89 Å². The van der Waals surface area contributed by atoms with E-state index in [-0.39, 0.29) is 5.92 Å². The molecule has 0 spiro atoms. The molecule has 100 valence electrons. The van der Waals surface area contributed by atoms with Crippen LogP contribution in [-0.4, -0.2) is 30.5 Å². The predicted octanol–water partition coefficient (Wildman–Crippen LogP) is 2.56. The quantitative estimate of drug-likeness (QED) is 0.848. The van der Waals surface area contributed by atoms with E-state index < -0.39 is 0 Å². The van der Waals surface area contributed by atoms with Gasteiger partial charge in [-0.2, -0.15) is 4.98 Å². The zero-order chi connectivity index (χ0) is 13.2. The molecule has 1 aromatic heterocycles. The maximum absolute atomic E-state index is 5.41. The van der Waals surface area contributed by atoms with E-state index in [9.17, 15) is 0 Å². The lowest BCUT2D eigenvalue weighted by Gasteiger charge is -2.07. The number of aryl methyl sites for hydroxylation is 1. The van der Waals surface area contributed by atoms with E-state index in [1.54, 1.807) is 7.11 Å². The van der Waals surface area contributed by atoms with E-state index in [0.29, 0.717) is 12.5 Å². The van der Waals surface area contributed by atoms with Crippen LogP contribution in [0.4, 0.5) is 0 Å². The summed E-state index contributed by atoms with van der Waals surface area (Å²) >= 11 is 0. The smallest absolute Gasteiger partial charge is 0.261 e. The Balaban J connectivity index is 1.96. The lowest BCUT2D eigenvalue weighted by Crippen LogP contribution is -1.99. The molecule has 1 aliphatic rings. The lowest BCUT2D eigenvalue weighted by molar-refractivity contribution is 0.192. The minimum absolute atomic E-state index is 0.244. The molecule has 0 N–H and O–H groups in total. The molecular weight excluding hydrogens is 244 g/mol. The fourth-order valence-corrected chi connectivity index (χ4v) is 2.34. The fraction of sp³-hybridized carbons (Fsp3) is 0.429. The minimum atomic E-state index is 0.244. The van der Waals surface area contributed by atoms with Crippen LogP contribution in [0.5, 0.6) is 5.75 Å². The SMILES string of the molecule is COc1c(C)cccc1-c1nc([C@@H]2CCOC2)no1. The van der Waals surface area contributed by atoms with Gasteiger partial charge in [-0.25, -0.2) is 0 Å². The second-order valence-electron chi connectivity index (χ2n) is 4.67. The Hall–Kier alpha value is -1.88. The highest BCUT2D eigenvalue weighted by molar-refractivity contribution is 5.65. The van der Waals surface area contributed by atoms with Crippen molar-refractivity contribution in [3.8, 4) is 17.2 Å². The third-order valence-electron chi connectivity index (χ3n) is 3.38. The number of hydrogen-bond acceptors (Lipinski definition) is 5. The van der Waals surface area contributed by atoms with Crippen LogP contribution in [0.3, 0.4) is 0 Å². The molecule has 0 bridgehead atoms. The van der Waals surface area contributed by atoms with Gasteiger partial charge < -0.3 is 14.0 Å². The molecule has 3 rings (SSSR count). The Kier molecular flexibility index (Phi) is 3.21. The Morgan fingerprint density at radius 2 is 2.26 bits per heavy atom. The summed E-state index contributed by atoms with van der Waals surface area (Å²) in [4.78, 5) is 4.47. The van der Waals surface area contributed by atoms with E-state index in [0.717, 1.165) is 35.7 Å². The van der Waals surface area contributed by atoms with Gasteiger partial charge in [0.2, 0.25) is 0 Å². The number of aromatic nitrogens is 2. The van der Waals surface area contributed by atoms with Crippen molar-refractivity contribution < 1.29 is 14.0 Å². The van der Waals surface area contributed by atoms with Crippen LogP contribution in [-0.2, 0) is 4.74 Å².